The fourth-order valence-corrected chi connectivity index (χ4v) is 5.08. The highest BCUT2D eigenvalue weighted by Gasteiger charge is 2.19. The summed E-state index contributed by atoms with van der Waals surface area (Å²) in [5.74, 6) is -0.942. The molecule has 3 aromatic carbocycles. The van der Waals surface area contributed by atoms with Crippen molar-refractivity contribution in [2.24, 2.45) is 0 Å². The van der Waals surface area contributed by atoms with Gasteiger partial charge in [0.25, 0.3) is 15.9 Å². The van der Waals surface area contributed by atoms with Crippen molar-refractivity contribution in [2.45, 2.75) is 31.0 Å². The molecule has 0 aromatic heterocycles. The van der Waals surface area contributed by atoms with Crippen molar-refractivity contribution in [1.82, 2.24) is 10.2 Å². The zero-order valence-electron chi connectivity index (χ0n) is 19.4. The molecule has 184 valence electrons. The van der Waals surface area contributed by atoms with E-state index >= 15 is 0 Å². The lowest BCUT2D eigenvalue weighted by Gasteiger charge is -2.31. The number of hydrogen-bond donors (Lipinski definition) is 2. The Hall–Kier alpha value is -3.27. The maximum Gasteiger partial charge on any atom is 0.261 e. The number of amides is 1. The van der Waals surface area contributed by atoms with E-state index in [4.69, 9.17) is 4.74 Å². The van der Waals surface area contributed by atoms with Crippen LogP contribution in [0.15, 0.2) is 77.7 Å². The van der Waals surface area contributed by atoms with Crippen LogP contribution in [-0.4, -0.2) is 45.0 Å². The second-order valence-electron chi connectivity index (χ2n) is 8.52. The van der Waals surface area contributed by atoms with Crippen LogP contribution in [0.5, 0.6) is 0 Å². The number of nitrogens with zero attached hydrogens (tertiary/aromatic N) is 1. The number of benzene rings is 3. The van der Waals surface area contributed by atoms with Gasteiger partial charge in [-0.2, -0.15) is 0 Å². The summed E-state index contributed by atoms with van der Waals surface area (Å²) >= 11 is 0. The van der Waals surface area contributed by atoms with Crippen molar-refractivity contribution in [1.29, 1.82) is 0 Å². The number of anilines is 1. The monoisotopic (exact) mass is 497 g/mol. The highest BCUT2D eigenvalue weighted by atomic mass is 32.2. The molecule has 2 N–H and O–H groups in total. The second-order valence-corrected chi connectivity index (χ2v) is 10.2. The second kappa shape index (κ2) is 11.0. The zero-order valence-corrected chi connectivity index (χ0v) is 20.2. The van der Waals surface area contributed by atoms with Crippen molar-refractivity contribution >= 4 is 21.6 Å². The van der Waals surface area contributed by atoms with Crippen LogP contribution in [0.3, 0.4) is 0 Å². The summed E-state index contributed by atoms with van der Waals surface area (Å²) in [5.41, 5.74) is 2.43. The van der Waals surface area contributed by atoms with E-state index in [2.05, 4.69) is 34.0 Å². The summed E-state index contributed by atoms with van der Waals surface area (Å²) in [6, 6.07) is 18.9. The van der Waals surface area contributed by atoms with Gasteiger partial charge >= 0.3 is 0 Å². The molecule has 0 bridgehead atoms. The van der Waals surface area contributed by atoms with Crippen molar-refractivity contribution in [3.8, 4) is 0 Å². The minimum absolute atomic E-state index is 0.0967. The fraction of sp³-hybridized carbons (Fsp3) is 0.269. The first-order valence-electron chi connectivity index (χ1n) is 11.4. The van der Waals surface area contributed by atoms with Gasteiger partial charge in [-0.05, 0) is 54.4 Å². The Morgan fingerprint density at radius 3 is 2.57 bits per heavy atom. The highest BCUT2D eigenvalue weighted by Crippen LogP contribution is 2.21. The van der Waals surface area contributed by atoms with E-state index in [0.29, 0.717) is 6.54 Å². The molecule has 0 spiro atoms. The summed E-state index contributed by atoms with van der Waals surface area (Å²) in [6.07, 6.45) is 0.215. The lowest BCUT2D eigenvalue weighted by molar-refractivity contribution is -0.0212. The lowest BCUT2D eigenvalue weighted by atomic mass is 10.1. The quantitative estimate of drug-likeness (QED) is 0.495. The smallest absolute Gasteiger partial charge is 0.261 e. The third-order valence-electron chi connectivity index (χ3n) is 5.72. The van der Waals surface area contributed by atoms with E-state index in [9.17, 15) is 17.6 Å². The molecule has 9 heteroatoms. The molecule has 1 aliphatic heterocycles. The maximum absolute atomic E-state index is 13.2. The van der Waals surface area contributed by atoms with Gasteiger partial charge in [-0.1, -0.05) is 36.4 Å². The van der Waals surface area contributed by atoms with Gasteiger partial charge in [-0.25, -0.2) is 12.8 Å². The molecule has 1 unspecified atom stereocenters. The van der Waals surface area contributed by atoms with E-state index in [-0.39, 0.29) is 22.3 Å². The molecule has 1 heterocycles. The molecule has 1 amide bonds. The van der Waals surface area contributed by atoms with Crippen LogP contribution in [0.2, 0.25) is 0 Å². The number of carbonyl (C=O) groups is 1. The topological polar surface area (TPSA) is 87.7 Å². The molecule has 1 aliphatic rings. The molecular formula is C26H28FN3O4S. The summed E-state index contributed by atoms with van der Waals surface area (Å²) in [7, 11) is -3.99. The summed E-state index contributed by atoms with van der Waals surface area (Å²) in [5, 5.41) is 2.87. The Balaban J connectivity index is 1.41. The van der Waals surface area contributed by atoms with E-state index in [1.54, 1.807) is 18.2 Å². The van der Waals surface area contributed by atoms with Gasteiger partial charge in [0, 0.05) is 26.2 Å². The lowest BCUT2D eigenvalue weighted by Crippen LogP contribution is -2.40. The van der Waals surface area contributed by atoms with Gasteiger partial charge in [-0.3, -0.25) is 14.4 Å². The first-order chi connectivity index (χ1) is 16.8. The summed E-state index contributed by atoms with van der Waals surface area (Å²) < 4.78 is 46.6. The SMILES string of the molecule is CC1CN(Cc2cccc(CNC(=O)c3ccccc3NS(=O)(=O)c3ccc(F)cc3)c2)CCO1. The first-order valence-corrected chi connectivity index (χ1v) is 12.9. The fourth-order valence-electron chi connectivity index (χ4n) is 4.00. The van der Waals surface area contributed by atoms with E-state index in [1.165, 1.54) is 18.2 Å². The van der Waals surface area contributed by atoms with Gasteiger partial charge in [0.05, 0.1) is 28.9 Å². The van der Waals surface area contributed by atoms with Crippen LogP contribution in [0.25, 0.3) is 0 Å². The zero-order chi connectivity index (χ0) is 24.8. The van der Waals surface area contributed by atoms with Gasteiger partial charge in [0.2, 0.25) is 0 Å². The number of halogens is 1. The van der Waals surface area contributed by atoms with Crippen molar-refractivity contribution in [3.63, 3.8) is 0 Å². The molecule has 1 fully saturated rings. The normalized spacial score (nSPS) is 16.6. The minimum atomic E-state index is -3.99. The first kappa shape index (κ1) is 24.8. The third-order valence-corrected chi connectivity index (χ3v) is 7.10. The summed E-state index contributed by atoms with van der Waals surface area (Å²) in [6.45, 7) is 5.66. The number of hydrogen-bond acceptors (Lipinski definition) is 5. The van der Waals surface area contributed by atoms with Gasteiger partial charge in [0.1, 0.15) is 5.82 Å². The third kappa shape index (κ3) is 6.66. The number of para-hydroxylation sites is 1. The highest BCUT2D eigenvalue weighted by molar-refractivity contribution is 7.92. The maximum atomic E-state index is 13.2. The predicted molar refractivity (Wildman–Crippen MR) is 132 cm³/mol. The molecule has 1 saturated heterocycles. The van der Waals surface area contributed by atoms with E-state index < -0.39 is 21.7 Å². The average Bonchev–Trinajstić information content (AvgIpc) is 2.83. The molecule has 35 heavy (non-hydrogen) atoms. The molecule has 3 aromatic rings. The van der Waals surface area contributed by atoms with Gasteiger partial charge in [-0.15, -0.1) is 0 Å². The number of rotatable bonds is 8. The molecule has 0 saturated carbocycles. The van der Waals surface area contributed by atoms with Gasteiger partial charge < -0.3 is 10.1 Å². The summed E-state index contributed by atoms with van der Waals surface area (Å²) in [4.78, 5) is 15.2. The molecule has 0 aliphatic carbocycles. The molecule has 1 atom stereocenters. The van der Waals surface area contributed by atoms with Crippen LogP contribution >= 0.6 is 0 Å². The van der Waals surface area contributed by atoms with E-state index in [1.807, 2.05) is 12.1 Å². The Morgan fingerprint density at radius 2 is 1.80 bits per heavy atom. The van der Waals surface area contributed by atoms with Crippen molar-refractivity contribution in [2.75, 3.05) is 24.4 Å². The average molecular weight is 498 g/mol. The standard InChI is InChI=1S/C26H28FN3O4S/c1-19-17-30(13-14-34-19)18-21-6-4-5-20(15-21)16-28-26(31)24-7-2-3-8-25(24)29-35(32,33)23-11-9-22(27)10-12-23/h2-12,15,19,29H,13-14,16-18H2,1H3,(H,28,31). The Morgan fingerprint density at radius 1 is 1.06 bits per heavy atom. The largest absolute Gasteiger partial charge is 0.376 e. The van der Waals surface area contributed by atoms with Crippen LogP contribution in [0.4, 0.5) is 10.1 Å². The number of ether oxygens (including phenoxy) is 1. The van der Waals surface area contributed by atoms with Crippen LogP contribution < -0.4 is 10.0 Å². The molecule has 7 nitrogen and oxygen atoms in total. The Bertz CT molecular complexity index is 1280. The Kier molecular flexibility index (Phi) is 7.80. The van der Waals surface area contributed by atoms with Crippen molar-refractivity contribution in [3.05, 3.63) is 95.3 Å². The van der Waals surface area contributed by atoms with Crippen LogP contribution in [-0.2, 0) is 27.8 Å². The van der Waals surface area contributed by atoms with Crippen LogP contribution in [0, 0.1) is 5.82 Å². The number of carbonyl (C=O) groups excluding carboxylic acids is 1. The van der Waals surface area contributed by atoms with Crippen molar-refractivity contribution < 1.29 is 22.3 Å². The number of morpholine rings is 1. The molecular weight excluding hydrogens is 469 g/mol. The predicted octanol–water partition coefficient (Wildman–Crippen LogP) is 3.78. The minimum Gasteiger partial charge on any atom is -0.376 e. The van der Waals surface area contributed by atoms with Crippen LogP contribution in [0.1, 0.15) is 28.4 Å². The van der Waals surface area contributed by atoms with Gasteiger partial charge in [0.15, 0.2) is 0 Å². The van der Waals surface area contributed by atoms with E-state index in [0.717, 1.165) is 49.5 Å². The molecule has 4 rings (SSSR count). The molecule has 0 radical (unpaired) electrons. The Labute approximate surface area is 205 Å². The number of sulfonamides is 1. The number of nitrogens with one attached hydrogen (secondary N) is 2.